The summed E-state index contributed by atoms with van der Waals surface area (Å²) in [6.45, 7) is 4.04. The number of aryl methyl sites for hydroxylation is 2. The van der Waals surface area contributed by atoms with Crippen LogP contribution in [0.5, 0.6) is 0 Å². The highest BCUT2D eigenvalue weighted by Gasteiger charge is 2.17. The first-order chi connectivity index (χ1) is 9.54. The summed E-state index contributed by atoms with van der Waals surface area (Å²) in [5.74, 6) is -0.712. The van der Waals surface area contributed by atoms with Crippen molar-refractivity contribution in [3.05, 3.63) is 29.3 Å². The molecule has 6 nitrogen and oxygen atoms in total. The molecule has 0 unspecified atom stereocenters. The molecule has 0 amide bonds. The summed E-state index contributed by atoms with van der Waals surface area (Å²) in [6.07, 6.45) is 0.845. The van der Waals surface area contributed by atoms with Gasteiger partial charge in [0.2, 0.25) is 5.95 Å². The molecule has 1 aromatic heterocycles. The topological polar surface area (TPSA) is 94.0 Å². The van der Waals surface area contributed by atoms with E-state index in [4.69, 9.17) is 10.8 Å². The van der Waals surface area contributed by atoms with Crippen molar-refractivity contribution in [2.45, 2.75) is 25.4 Å². The van der Waals surface area contributed by atoms with Crippen LogP contribution in [-0.4, -0.2) is 31.6 Å². The lowest BCUT2D eigenvalue weighted by atomic mass is 10.1. The first-order valence-corrected chi connectivity index (χ1v) is 7.17. The first-order valence-electron chi connectivity index (χ1n) is 6.19. The van der Waals surface area contributed by atoms with Gasteiger partial charge in [-0.3, -0.25) is 9.36 Å². The highest BCUT2D eigenvalue weighted by atomic mass is 32.2. The fourth-order valence-corrected chi connectivity index (χ4v) is 2.70. The minimum absolute atomic E-state index is 0.0779. The number of rotatable bonds is 5. The molecule has 2 aromatic rings. The molecule has 0 fully saturated rings. The molecule has 2 rings (SSSR count). The molecule has 0 saturated carbocycles. The van der Waals surface area contributed by atoms with Crippen molar-refractivity contribution in [2.24, 2.45) is 0 Å². The van der Waals surface area contributed by atoms with Gasteiger partial charge >= 0.3 is 5.97 Å². The second kappa shape index (κ2) is 5.96. The number of anilines is 1. The van der Waals surface area contributed by atoms with Gasteiger partial charge in [0, 0.05) is 0 Å². The number of hydrogen-bond acceptors (Lipinski definition) is 5. The first kappa shape index (κ1) is 14.4. The molecular formula is C13H16N4O2S. The number of benzene rings is 1. The molecule has 1 aromatic carbocycles. The molecule has 20 heavy (non-hydrogen) atoms. The Kier molecular flexibility index (Phi) is 4.29. The van der Waals surface area contributed by atoms with Gasteiger partial charge < -0.3 is 10.8 Å². The van der Waals surface area contributed by atoms with E-state index in [1.807, 2.05) is 25.1 Å². The summed E-state index contributed by atoms with van der Waals surface area (Å²) in [7, 11) is 0. The highest BCUT2D eigenvalue weighted by Crippen LogP contribution is 2.28. The average Bonchev–Trinajstić information content (AvgIpc) is 2.77. The van der Waals surface area contributed by atoms with Crippen LogP contribution in [0, 0.1) is 6.92 Å². The molecule has 0 aliphatic carbocycles. The summed E-state index contributed by atoms with van der Waals surface area (Å²) >= 11 is 1.11. The number of para-hydroxylation sites is 1. The van der Waals surface area contributed by atoms with Crippen molar-refractivity contribution in [2.75, 3.05) is 11.5 Å². The van der Waals surface area contributed by atoms with Crippen molar-refractivity contribution in [1.82, 2.24) is 14.8 Å². The second-order valence-corrected chi connectivity index (χ2v) is 5.24. The molecule has 0 aliphatic heterocycles. The number of aromatic nitrogens is 3. The summed E-state index contributed by atoms with van der Waals surface area (Å²) in [5, 5.41) is 17.1. The van der Waals surface area contributed by atoms with Crippen LogP contribution in [0.4, 0.5) is 5.95 Å². The molecule has 0 bridgehead atoms. The number of nitrogen functional groups attached to an aromatic ring is 1. The van der Waals surface area contributed by atoms with Gasteiger partial charge in [0.05, 0.1) is 11.4 Å². The Morgan fingerprint density at radius 1 is 1.45 bits per heavy atom. The maximum absolute atomic E-state index is 10.7. The predicted octanol–water partition coefficient (Wildman–Crippen LogP) is 1.90. The van der Waals surface area contributed by atoms with Gasteiger partial charge in [-0.15, -0.1) is 10.2 Å². The van der Waals surface area contributed by atoms with E-state index in [9.17, 15) is 4.79 Å². The van der Waals surface area contributed by atoms with Crippen molar-refractivity contribution in [3.8, 4) is 5.69 Å². The van der Waals surface area contributed by atoms with Gasteiger partial charge in [-0.25, -0.2) is 0 Å². The van der Waals surface area contributed by atoms with Crippen LogP contribution in [0.3, 0.4) is 0 Å². The molecule has 7 heteroatoms. The zero-order valence-corrected chi connectivity index (χ0v) is 12.1. The molecule has 106 valence electrons. The van der Waals surface area contributed by atoms with Gasteiger partial charge in [0.1, 0.15) is 0 Å². The summed E-state index contributed by atoms with van der Waals surface area (Å²) in [4.78, 5) is 10.7. The normalized spacial score (nSPS) is 10.7. The Hall–Kier alpha value is -2.02. The highest BCUT2D eigenvalue weighted by molar-refractivity contribution is 7.99. The third-order valence-corrected chi connectivity index (χ3v) is 3.82. The molecule has 1 heterocycles. The lowest BCUT2D eigenvalue weighted by molar-refractivity contribution is -0.133. The van der Waals surface area contributed by atoms with E-state index >= 15 is 0 Å². The van der Waals surface area contributed by atoms with E-state index in [0.717, 1.165) is 35.0 Å². The molecule has 0 saturated heterocycles. The zero-order valence-electron chi connectivity index (χ0n) is 11.3. The van der Waals surface area contributed by atoms with E-state index < -0.39 is 5.97 Å². The van der Waals surface area contributed by atoms with Gasteiger partial charge in [-0.05, 0) is 24.5 Å². The van der Waals surface area contributed by atoms with Crippen LogP contribution in [-0.2, 0) is 11.2 Å². The number of hydrogen-bond donors (Lipinski definition) is 2. The quantitative estimate of drug-likeness (QED) is 0.817. The average molecular weight is 292 g/mol. The van der Waals surface area contributed by atoms with Gasteiger partial charge in [-0.2, -0.15) is 0 Å². The molecular weight excluding hydrogens is 276 g/mol. The van der Waals surface area contributed by atoms with Crippen LogP contribution < -0.4 is 5.73 Å². The van der Waals surface area contributed by atoms with Crippen LogP contribution in [0.1, 0.15) is 18.1 Å². The Labute approximate surface area is 121 Å². The zero-order chi connectivity index (χ0) is 14.7. The number of thioether (sulfide) groups is 1. The van der Waals surface area contributed by atoms with E-state index in [0.29, 0.717) is 5.16 Å². The number of carboxylic acid groups (broad SMARTS) is 1. The maximum atomic E-state index is 10.7. The lowest BCUT2D eigenvalue weighted by Crippen LogP contribution is -2.08. The molecule has 0 radical (unpaired) electrons. The maximum Gasteiger partial charge on any atom is 0.313 e. The molecule has 0 aliphatic rings. The van der Waals surface area contributed by atoms with E-state index in [2.05, 4.69) is 17.1 Å². The number of carbonyl (C=O) groups is 1. The molecule has 0 spiro atoms. The number of aliphatic carboxylic acids is 1. The Morgan fingerprint density at radius 2 is 2.20 bits per heavy atom. The Balaban J connectivity index is 2.52. The Morgan fingerprint density at radius 3 is 2.85 bits per heavy atom. The minimum Gasteiger partial charge on any atom is -0.481 e. The van der Waals surface area contributed by atoms with Crippen LogP contribution >= 0.6 is 11.8 Å². The van der Waals surface area contributed by atoms with E-state index in [-0.39, 0.29) is 11.7 Å². The minimum atomic E-state index is -0.899. The fraction of sp³-hybridized carbons (Fsp3) is 0.308. The van der Waals surface area contributed by atoms with E-state index in [1.165, 1.54) is 0 Å². The monoisotopic (exact) mass is 292 g/mol. The summed E-state index contributed by atoms with van der Waals surface area (Å²) < 4.78 is 1.72. The van der Waals surface area contributed by atoms with Crippen LogP contribution in [0.15, 0.2) is 23.4 Å². The van der Waals surface area contributed by atoms with Gasteiger partial charge in [0.25, 0.3) is 0 Å². The van der Waals surface area contributed by atoms with E-state index in [1.54, 1.807) is 4.57 Å². The van der Waals surface area contributed by atoms with Crippen molar-refractivity contribution < 1.29 is 9.90 Å². The van der Waals surface area contributed by atoms with Crippen LogP contribution in [0.2, 0.25) is 0 Å². The number of carboxylic acids is 1. The number of nitrogens with zero attached hydrogens (tertiary/aromatic N) is 3. The Bertz CT molecular complexity index is 639. The van der Waals surface area contributed by atoms with Crippen molar-refractivity contribution >= 4 is 23.7 Å². The molecule has 0 atom stereocenters. The van der Waals surface area contributed by atoms with Crippen molar-refractivity contribution in [3.63, 3.8) is 0 Å². The lowest BCUT2D eigenvalue weighted by Gasteiger charge is -2.14. The van der Waals surface area contributed by atoms with Gasteiger partial charge in [-0.1, -0.05) is 36.9 Å². The third-order valence-electron chi connectivity index (χ3n) is 2.91. The second-order valence-electron chi connectivity index (χ2n) is 4.29. The number of nitrogens with two attached hydrogens (primary N) is 1. The fourth-order valence-electron chi connectivity index (χ4n) is 2.04. The summed E-state index contributed by atoms with van der Waals surface area (Å²) in [5.41, 5.74) is 9.00. The standard InChI is InChI=1S/C13H16N4O2S/c1-3-9-6-4-5-8(2)11(9)17-12(14)15-16-13(17)20-7-10(18)19/h4-6H,3,7H2,1-2H3,(H2,14,15)(H,18,19). The predicted molar refractivity (Wildman–Crippen MR) is 78.2 cm³/mol. The van der Waals surface area contributed by atoms with Gasteiger partial charge in [0.15, 0.2) is 5.16 Å². The van der Waals surface area contributed by atoms with Crippen molar-refractivity contribution in [1.29, 1.82) is 0 Å². The van der Waals surface area contributed by atoms with Crippen LogP contribution in [0.25, 0.3) is 5.69 Å². The SMILES string of the molecule is CCc1cccc(C)c1-n1c(N)nnc1SCC(=O)O. The summed E-state index contributed by atoms with van der Waals surface area (Å²) in [6, 6.07) is 6.00. The third kappa shape index (κ3) is 2.77. The smallest absolute Gasteiger partial charge is 0.313 e. The molecule has 3 N–H and O–H groups in total. The largest absolute Gasteiger partial charge is 0.481 e.